The highest BCUT2D eigenvalue weighted by molar-refractivity contribution is 8.02. The van der Waals surface area contributed by atoms with Gasteiger partial charge in [-0.2, -0.15) is 0 Å². The van der Waals surface area contributed by atoms with Crippen LogP contribution in [0.3, 0.4) is 0 Å². The van der Waals surface area contributed by atoms with E-state index in [0.717, 1.165) is 18.5 Å². The summed E-state index contributed by atoms with van der Waals surface area (Å²) >= 11 is 1.77. The maximum Gasteiger partial charge on any atom is 0.133 e. The van der Waals surface area contributed by atoms with Gasteiger partial charge in [-0.1, -0.05) is 13.8 Å². The van der Waals surface area contributed by atoms with Crippen molar-refractivity contribution in [3.63, 3.8) is 0 Å². The summed E-state index contributed by atoms with van der Waals surface area (Å²) in [6, 6.07) is 0. The van der Waals surface area contributed by atoms with E-state index in [1.807, 2.05) is 0 Å². The van der Waals surface area contributed by atoms with Crippen LogP contribution in [0.1, 0.15) is 20.3 Å². The van der Waals surface area contributed by atoms with Gasteiger partial charge in [0.1, 0.15) is 6.29 Å². The number of aldehydes is 1. The van der Waals surface area contributed by atoms with E-state index in [9.17, 15) is 4.79 Å². The maximum absolute atomic E-state index is 10.3. The van der Waals surface area contributed by atoms with Gasteiger partial charge in [0.25, 0.3) is 0 Å². The van der Waals surface area contributed by atoms with Crippen LogP contribution < -0.4 is 0 Å². The Balaban J connectivity index is 2.50. The van der Waals surface area contributed by atoms with E-state index >= 15 is 0 Å². The third-order valence-electron chi connectivity index (χ3n) is 2.21. The number of hydrogen-bond donors (Lipinski definition) is 0. The third-order valence-corrected chi connectivity index (χ3v) is 4.08. The summed E-state index contributed by atoms with van der Waals surface area (Å²) in [6.45, 7) is 4.33. The molecular weight excluding hydrogens is 132 g/mol. The minimum atomic E-state index is 0.280. The average molecular weight is 144 g/mol. The van der Waals surface area contributed by atoms with Gasteiger partial charge in [0.15, 0.2) is 0 Å². The summed E-state index contributed by atoms with van der Waals surface area (Å²) in [5, 5.41) is 0.280. The fraction of sp³-hybridized carbons (Fsp3) is 0.857. The van der Waals surface area contributed by atoms with Crippen LogP contribution in [0.5, 0.6) is 0 Å². The molecule has 1 fully saturated rings. The lowest BCUT2D eigenvalue weighted by molar-refractivity contribution is -0.109. The lowest BCUT2D eigenvalue weighted by Gasteiger charge is -2.42. The number of carbonyl (C=O) groups excluding carboxylic acids is 1. The molecule has 1 heterocycles. The summed E-state index contributed by atoms with van der Waals surface area (Å²) in [5.74, 6) is 1.16. The van der Waals surface area contributed by atoms with E-state index in [-0.39, 0.29) is 5.25 Å². The molecule has 0 aliphatic carbocycles. The largest absolute Gasteiger partial charge is 0.302 e. The molecule has 1 nitrogen and oxygen atoms in total. The van der Waals surface area contributed by atoms with Crippen molar-refractivity contribution in [2.24, 2.45) is 5.41 Å². The van der Waals surface area contributed by atoms with Crippen molar-refractivity contribution in [2.45, 2.75) is 25.5 Å². The number of thioether (sulfide) groups is 1. The molecule has 1 aliphatic rings. The molecule has 0 radical (unpaired) electrons. The molecule has 0 aromatic heterocycles. The van der Waals surface area contributed by atoms with Gasteiger partial charge in [-0.15, -0.1) is 11.8 Å². The summed E-state index contributed by atoms with van der Waals surface area (Å²) < 4.78 is 0. The SMILES string of the molecule is CCC1(C)CSC1C=O. The Morgan fingerprint density at radius 1 is 1.89 bits per heavy atom. The molecule has 1 saturated heterocycles. The second-order valence-electron chi connectivity index (χ2n) is 2.88. The van der Waals surface area contributed by atoms with Gasteiger partial charge in [0.2, 0.25) is 0 Å². The zero-order chi connectivity index (χ0) is 6.91. The van der Waals surface area contributed by atoms with Crippen LogP contribution >= 0.6 is 11.8 Å². The van der Waals surface area contributed by atoms with Crippen LogP contribution in [0.2, 0.25) is 0 Å². The van der Waals surface area contributed by atoms with Gasteiger partial charge >= 0.3 is 0 Å². The highest BCUT2D eigenvalue weighted by atomic mass is 32.2. The summed E-state index contributed by atoms with van der Waals surface area (Å²) in [4.78, 5) is 10.3. The highest BCUT2D eigenvalue weighted by Crippen LogP contribution is 2.46. The van der Waals surface area contributed by atoms with Gasteiger partial charge in [-0.05, 0) is 11.8 Å². The van der Waals surface area contributed by atoms with Crippen LogP contribution in [0.4, 0.5) is 0 Å². The molecule has 1 aliphatic heterocycles. The Hall–Kier alpha value is 0.0200. The van der Waals surface area contributed by atoms with Crippen LogP contribution in [0.15, 0.2) is 0 Å². The number of hydrogen-bond acceptors (Lipinski definition) is 2. The van der Waals surface area contributed by atoms with Crippen LogP contribution in [-0.2, 0) is 4.79 Å². The van der Waals surface area contributed by atoms with Crippen molar-refractivity contribution in [1.29, 1.82) is 0 Å². The molecule has 52 valence electrons. The molecule has 0 bridgehead atoms. The van der Waals surface area contributed by atoms with Crippen molar-refractivity contribution in [3.8, 4) is 0 Å². The lowest BCUT2D eigenvalue weighted by Crippen LogP contribution is -2.42. The maximum atomic E-state index is 10.3. The van der Waals surface area contributed by atoms with E-state index in [2.05, 4.69) is 13.8 Å². The molecule has 0 aromatic carbocycles. The Morgan fingerprint density at radius 2 is 2.56 bits per heavy atom. The predicted octanol–water partition coefficient (Wildman–Crippen LogP) is 1.72. The molecule has 0 saturated carbocycles. The molecule has 2 unspecified atom stereocenters. The molecule has 2 atom stereocenters. The molecule has 0 aromatic rings. The van der Waals surface area contributed by atoms with E-state index in [1.54, 1.807) is 11.8 Å². The Bertz CT molecular complexity index is 120. The Kier molecular flexibility index (Phi) is 1.85. The molecule has 0 amide bonds. The van der Waals surface area contributed by atoms with Gasteiger partial charge < -0.3 is 4.79 Å². The summed E-state index contributed by atoms with van der Waals surface area (Å²) in [5.41, 5.74) is 0.326. The smallest absolute Gasteiger partial charge is 0.133 e. The van der Waals surface area contributed by atoms with E-state index in [4.69, 9.17) is 0 Å². The quantitative estimate of drug-likeness (QED) is 0.549. The van der Waals surface area contributed by atoms with Crippen molar-refractivity contribution in [1.82, 2.24) is 0 Å². The fourth-order valence-electron chi connectivity index (χ4n) is 0.971. The number of rotatable bonds is 2. The first-order valence-corrected chi connectivity index (χ1v) is 4.35. The number of carbonyl (C=O) groups is 1. The zero-order valence-corrected chi connectivity index (χ0v) is 6.70. The highest BCUT2D eigenvalue weighted by Gasteiger charge is 2.41. The topological polar surface area (TPSA) is 17.1 Å². The standard InChI is InChI=1S/C7H12OS/c1-3-7(2)5-9-6(7)4-8/h4,6H,3,5H2,1-2H3. The third kappa shape index (κ3) is 1.00. The monoisotopic (exact) mass is 144 g/mol. The molecule has 0 spiro atoms. The minimum absolute atomic E-state index is 0.280. The normalized spacial score (nSPS) is 41.8. The van der Waals surface area contributed by atoms with Crippen LogP contribution in [0, 0.1) is 5.41 Å². The van der Waals surface area contributed by atoms with Gasteiger partial charge in [-0.3, -0.25) is 0 Å². The lowest BCUT2D eigenvalue weighted by atomic mass is 9.85. The molecule has 1 rings (SSSR count). The van der Waals surface area contributed by atoms with Crippen molar-refractivity contribution >= 4 is 18.0 Å². The first-order chi connectivity index (χ1) is 4.23. The van der Waals surface area contributed by atoms with E-state index in [0.29, 0.717) is 5.41 Å². The van der Waals surface area contributed by atoms with E-state index < -0.39 is 0 Å². The molecule has 0 N–H and O–H groups in total. The van der Waals surface area contributed by atoms with Crippen molar-refractivity contribution in [2.75, 3.05) is 5.75 Å². The van der Waals surface area contributed by atoms with Crippen LogP contribution in [0.25, 0.3) is 0 Å². The predicted molar refractivity (Wildman–Crippen MR) is 40.7 cm³/mol. The first-order valence-electron chi connectivity index (χ1n) is 3.30. The zero-order valence-electron chi connectivity index (χ0n) is 5.89. The molecular formula is C7H12OS. The minimum Gasteiger partial charge on any atom is -0.302 e. The van der Waals surface area contributed by atoms with Crippen molar-refractivity contribution in [3.05, 3.63) is 0 Å². The summed E-state index contributed by atoms with van der Waals surface area (Å²) in [6.07, 6.45) is 2.21. The van der Waals surface area contributed by atoms with Crippen molar-refractivity contribution < 1.29 is 4.79 Å². The Morgan fingerprint density at radius 3 is 2.67 bits per heavy atom. The van der Waals surface area contributed by atoms with Gasteiger partial charge in [-0.25, -0.2) is 0 Å². The summed E-state index contributed by atoms with van der Waals surface area (Å²) in [7, 11) is 0. The van der Waals surface area contributed by atoms with Crippen LogP contribution in [-0.4, -0.2) is 17.3 Å². The van der Waals surface area contributed by atoms with Gasteiger partial charge in [0, 0.05) is 5.75 Å². The molecule has 9 heavy (non-hydrogen) atoms. The first kappa shape index (κ1) is 7.13. The second-order valence-corrected chi connectivity index (χ2v) is 4.01. The Labute approximate surface area is 60.2 Å². The van der Waals surface area contributed by atoms with E-state index in [1.165, 1.54) is 0 Å². The molecule has 2 heteroatoms. The second kappa shape index (κ2) is 2.33. The van der Waals surface area contributed by atoms with Gasteiger partial charge in [0.05, 0.1) is 5.25 Å². The average Bonchev–Trinajstić information content (AvgIpc) is 1.85. The fourth-order valence-corrected chi connectivity index (χ4v) is 2.35.